The van der Waals surface area contributed by atoms with Crippen molar-refractivity contribution in [3.63, 3.8) is 0 Å². The van der Waals surface area contributed by atoms with E-state index in [2.05, 4.69) is 29.4 Å². The molecule has 5 heteroatoms. The fourth-order valence-corrected chi connectivity index (χ4v) is 4.78. The van der Waals surface area contributed by atoms with Crippen molar-refractivity contribution in [2.45, 2.75) is 50.4 Å². The summed E-state index contributed by atoms with van der Waals surface area (Å²) >= 11 is 0. The third-order valence-electron chi connectivity index (χ3n) is 6.42. The number of furan rings is 1. The number of hydrogen-bond donors (Lipinski definition) is 1. The maximum absolute atomic E-state index is 12.6. The van der Waals surface area contributed by atoms with E-state index in [1.54, 1.807) is 6.07 Å². The first kappa shape index (κ1) is 18.3. The van der Waals surface area contributed by atoms with Gasteiger partial charge in [0.15, 0.2) is 5.76 Å². The molecule has 2 aliphatic heterocycles. The molecule has 2 saturated heterocycles. The van der Waals surface area contributed by atoms with Crippen LogP contribution >= 0.6 is 0 Å². The number of hydrogen-bond acceptors (Lipinski definition) is 4. The second-order valence-corrected chi connectivity index (χ2v) is 8.26. The Morgan fingerprint density at radius 1 is 1.07 bits per heavy atom. The fourth-order valence-electron chi connectivity index (χ4n) is 4.78. The van der Waals surface area contributed by atoms with Crippen molar-refractivity contribution in [2.24, 2.45) is 0 Å². The molecule has 2 bridgehead atoms. The molecule has 5 rings (SSSR count). The lowest BCUT2D eigenvalue weighted by molar-refractivity contribution is 0.0851. The van der Waals surface area contributed by atoms with Crippen LogP contribution in [-0.4, -0.2) is 36.0 Å². The van der Waals surface area contributed by atoms with Gasteiger partial charge in [-0.15, -0.1) is 0 Å². The molecular weight excluding hydrogens is 364 g/mol. The molecule has 1 amide bonds. The van der Waals surface area contributed by atoms with Gasteiger partial charge in [-0.25, -0.2) is 0 Å². The highest BCUT2D eigenvalue weighted by atomic mass is 16.5. The van der Waals surface area contributed by atoms with Crippen molar-refractivity contribution in [1.29, 1.82) is 0 Å². The minimum atomic E-state index is -0.129. The van der Waals surface area contributed by atoms with Crippen LogP contribution in [0.3, 0.4) is 0 Å². The highest BCUT2D eigenvalue weighted by molar-refractivity contribution is 5.91. The first-order chi connectivity index (χ1) is 14.2. The quantitative estimate of drug-likeness (QED) is 0.703. The molecule has 3 heterocycles. The molecule has 0 radical (unpaired) electrons. The number of ether oxygens (including phenoxy) is 1. The first-order valence-corrected chi connectivity index (χ1v) is 10.4. The van der Waals surface area contributed by atoms with Crippen molar-refractivity contribution in [3.05, 3.63) is 66.1 Å². The number of rotatable bonds is 5. The largest absolute Gasteiger partial charge is 0.486 e. The average molecular weight is 390 g/mol. The van der Waals surface area contributed by atoms with Crippen LogP contribution in [0.1, 0.15) is 42.0 Å². The number of amides is 1. The number of benzene rings is 2. The number of fused-ring (bicyclic) bond motifs is 3. The second-order valence-electron chi connectivity index (χ2n) is 8.26. The van der Waals surface area contributed by atoms with E-state index < -0.39 is 0 Å². The van der Waals surface area contributed by atoms with Crippen LogP contribution in [0.2, 0.25) is 0 Å². The summed E-state index contributed by atoms with van der Waals surface area (Å²) in [6.45, 7) is 0.296. The van der Waals surface area contributed by atoms with Gasteiger partial charge >= 0.3 is 0 Å². The normalized spacial score (nSPS) is 24.0. The van der Waals surface area contributed by atoms with Gasteiger partial charge in [0.05, 0.1) is 0 Å². The van der Waals surface area contributed by atoms with Crippen LogP contribution in [0.15, 0.2) is 59.0 Å². The molecule has 29 heavy (non-hydrogen) atoms. The maximum Gasteiger partial charge on any atom is 0.287 e. The topological polar surface area (TPSA) is 54.7 Å². The molecule has 150 valence electrons. The van der Waals surface area contributed by atoms with E-state index in [0.717, 1.165) is 24.0 Å². The van der Waals surface area contributed by atoms with Crippen molar-refractivity contribution in [2.75, 3.05) is 7.05 Å². The Bertz CT molecular complexity index is 1010. The molecule has 2 unspecified atom stereocenters. The lowest BCUT2D eigenvalue weighted by Gasteiger charge is -2.36. The minimum absolute atomic E-state index is 0.129. The van der Waals surface area contributed by atoms with E-state index in [9.17, 15) is 4.79 Å². The van der Waals surface area contributed by atoms with E-state index in [1.807, 2.05) is 36.4 Å². The number of piperidine rings is 1. The summed E-state index contributed by atoms with van der Waals surface area (Å²) in [4.78, 5) is 15.1. The van der Waals surface area contributed by atoms with Crippen molar-refractivity contribution < 1.29 is 13.9 Å². The lowest BCUT2D eigenvalue weighted by atomic mass is 9.98. The van der Waals surface area contributed by atoms with Gasteiger partial charge in [-0.05, 0) is 67.8 Å². The Balaban J connectivity index is 1.18. The van der Waals surface area contributed by atoms with Crippen LogP contribution in [0.5, 0.6) is 5.75 Å². The molecular formula is C24H26N2O3. The van der Waals surface area contributed by atoms with E-state index >= 15 is 0 Å². The first-order valence-electron chi connectivity index (χ1n) is 10.4. The highest BCUT2D eigenvalue weighted by Gasteiger charge is 2.39. The van der Waals surface area contributed by atoms with Crippen molar-refractivity contribution in [1.82, 2.24) is 10.2 Å². The average Bonchev–Trinajstić information content (AvgIpc) is 3.28. The van der Waals surface area contributed by atoms with Gasteiger partial charge in [0.2, 0.25) is 0 Å². The maximum atomic E-state index is 12.6. The minimum Gasteiger partial charge on any atom is -0.486 e. The lowest BCUT2D eigenvalue weighted by Crippen LogP contribution is -2.48. The van der Waals surface area contributed by atoms with Gasteiger partial charge in [0.25, 0.3) is 5.91 Å². The standard InChI is InChI=1S/C24H26N2O3/c1-26-19-7-8-20(26)14-18(13-19)25-24(27)23-11-10-22(29-23)15-28-21-9-6-16-4-2-3-5-17(16)12-21/h2-6,9-12,18-20H,7-8,13-15H2,1H3,(H,25,27). The summed E-state index contributed by atoms with van der Waals surface area (Å²) in [6, 6.07) is 19.2. The summed E-state index contributed by atoms with van der Waals surface area (Å²) in [5, 5.41) is 5.48. The monoisotopic (exact) mass is 390 g/mol. The van der Waals surface area contributed by atoms with Gasteiger partial charge < -0.3 is 19.4 Å². The van der Waals surface area contributed by atoms with Crippen LogP contribution in [0.4, 0.5) is 0 Å². The van der Waals surface area contributed by atoms with Crippen molar-refractivity contribution >= 4 is 16.7 Å². The molecule has 2 atom stereocenters. The third kappa shape index (κ3) is 3.75. The molecule has 0 saturated carbocycles. The Morgan fingerprint density at radius 3 is 2.62 bits per heavy atom. The summed E-state index contributed by atoms with van der Waals surface area (Å²) < 4.78 is 11.6. The predicted octanol–water partition coefficient (Wildman–Crippen LogP) is 4.37. The number of carbonyl (C=O) groups is 1. The number of nitrogens with one attached hydrogen (secondary N) is 1. The predicted molar refractivity (Wildman–Crippen MR) is 112 cm³/mol. The second kappa shape index (κ2) is 7.56. The Hall–Kier alpha value is -2.79. The van der Waals surface area contributed by atoms with Crippen LogP contribution in [0, 0.1) is 0 Å². The van der Waals surface area contributed by atoms with Crippen LogP contribution in [0.25, 0.3) is 10.8 Å². The number of nitrogens with zero attached hydrogens (tertiary/aromatic N) is 1. The van der Waals surface area contributed by atoms with Gasteiger partial charge in [0, 0.05) is 18.1 Å². The molecule has 2 fully saturated rings. The van der Waals surface area contributed by atoms with Gasteiger partial charge in [0.1, 0.15) is 18.1 Å². The van der Waals surface area contributed by atoms with E-state index in [4.69, 9.17) is 9.15 Å². The van der Waals surface area contributed by atoms with Gasteiger partial charge in [-0.2, -0.15) is 0 Å². The van der Waals surface area contributed by atoms with Gasteiger partial charge in [-0.3, -0.25) is 4.79 Å². The molecule has 2 aromatic carbocycles. The van der Waals surface area contributed by atoms with E-state index in [-0.39, 0.29) is 11.9 Å². The Labute approximate surface area is 170 Å². The zero-order valence-electron chi connectivity index (χ0n) is 16.6. The smallest absolute Gasteiger partial charge is 0.287 e. The summed E-state index contributed by atoms with van der Waals surface area (Å²) in [5.74, 6) is 1.66. The SMILES string of the molecule is CN1C2CCC1CC(NC(=O)c1ccc(COc3ccc4ccccc4c3)o1)C2. The fraction of sp³-hybridized carbons (Fsp3) is 0.375. The molecule has 3 aromatic rings. The summed E-state index contributed by atoms with van der Waals surface area (Å²) in [6.07, 6.45) is 4.53. The molecule has 1 N–H and O–H groups in total. The number of carbonyl (C=O) groups excluding carboxylic acids is 1. The molecule has 5 nitrogen and oxygen atoms in total. The Kier molecular flexibility index (Phi) is 4.76. The van der Waals surface area contributed by atoms with Crippen molar-refractivity contribution in [3.8, 4) is 5.75 Å². The molecule has 2 aliphatic rings. The zero-order valence-corrected chi connectivity index (χ0v) is 16.6. The summed E-state index contributed by atoms with van der Waals surface area (Å²) in [5.41, 5.74) is 0. The summed E-state index contributed by atoms with van der Waals surface area (Å²) in [7, 11) is 2.20. The Morgan fingerprint density at radius 2 is 1.83 bits per heavy atom. The van der Waals surface area contributed by atoms with E-state index in [1.165, 1.54) is 18.2 Å². The van der Waals surface area contributed by atoms with Crippen LogP contribution in [-0.2, 0) is 6.61 Å². The molecule has 1 aromatic heterocycles. The third-order valence-corrected chi connectivity index (χ3v) is 6.42. The van der Waals surface area contributed by atoms with Gasteiger partial charge in [-0.1, -0.05) is 30.3 Å². The van der Waals surface area contributed by atoms with E-state index in [0.29, 0.717) is 30.2 Å². The van der Waals surface area contributed by atoms with Crippen LogP contribution < -0.4 is 10.1 Å². The molecule has 0 aliphatic carbocycles. The molecule has 0 spiro atoms. The highest BCUT2D eigenvalue weighted by Crippen LogP contribution is 2.34. The zero-order chi connectivity index (χ0) is 19.8.